The van der Waals surface area contributed by atoms with Crippen molar-refractivity contribution in [3.8, 4) is 0 Å². The highest BCUT2D eigenvalue weighted by molar-refractivity contribution is 5.04. The Morgan fingerprint density at radius 3 is 2.33 bits per heavy atom. The van der Waals surface area contributed by atoms with Crippen LogP contribution in [0.15, 0.2) is 0 Å². The molecule has 0 bridgehead atoms. The van der Waals surface area contributed by atoms with Gasteiger partial charge in [-0.15, -0.1) is 0 Å². The number of hydrogen-bond acceptors (Lipinski definition) is 0. The number of unbranched alkanes of at least 4 members (excludes halogenated alkanes) is 1. The van der Waals surface area contributed by atoms with Crippen LogP contribution in [0.3, 0.4) is 0 Å². The molecule has 3 unspecified atom stereocenters. The van der Waals surface area contributed by atoms with Crippen molar-refractivity contribution in [1.29, 1.82) is 0 Å². The number of rotatable bonds is 5. The van der Waals surface area contributed by atoms with Gasteiger partial charge in [0, 0.05) is 0 Å². The molecule has 0 heterocycles. The zero-order valence-electron chi connectivity index (χ0n) is 9.19. The van der Waals surface area contributed by atoms with Crippen molar-refractivity contribution < 1.29 is 0 Å². The maximum atomic E-state index is 2.49. The van der Waals surface area contributed by atoms with E-state index in [4.69, 9.17) is 0 Å². The minimum absolute atomic E-state index is 0.728. The Morgan fingerprint density at radius 1 is 1.17 bits per heavy atom. The van der Waals surface area contributed by atoms with Gasteiger partial charge in [-0.25, -0.2) is 0 Å². The quantitative estimate of drug-likeness (QED) is 0.575. The third-order valence-electron chi connectivity index (χ3n) is 4.05. The highest BCUT2D eigenvalue weighted by Crippen LogP contribution is 2.63. The van der Waals surface area contributed by atoms with Crippen LogP contribution >= 0.6 is 0 Å². The zero-order valence-corrected chi connectivity index (χ0v) is 9.19. The standard InChI is InChI=1S/C12H24/c1-5-7-9-12(4)10(3)11(12)8-6-2/h10-11H,5-9H2,1-4H3. The minimum Gasteiger partial charge on any atom is -0.0654 e. The second-order valence-corrected chi connectivity index (χ2v) is 4.79. The van der Waals surface area contributed by atoms with Gasteiger partial charge in [0.2, 0.25) is 0 Å². The monoisotopic (exact) mass is 168 g/mol. The Labute approximate surface area is 77.7 Å². The number of hydrogen-bond donors (Lipinski definition) is 0. The molecular formula is C12H24. The van der Waals surface area contributed by atoms with Crippen LogP contribution in [0.25, 0.3) is 0 Å². The smallest absolute Gasteiger partial charge is 0.0266 e. The first-order chi connectivity index (χ1) is 5.66. The van der Waals surface area contributed by atoms with Gasteiger partial charge in [-0.05, 0) is 30.1 Å². The highest BCUT2D eigenvalue weighted by atomic mass is 14.6. The summed E-state index contributed by atoms with van der Waals surface area (Å²) in [6.45, 7) is 9.54. The predicted molar refractivity (Wildman–Crippen MR) is 55.2 cm³/mol. The summed E-state index contributed by atoms with van der Waals surface area (Å²) in [5.74, 6) is 2.05. The molecule has 0 radical (unpaired) electrons. The maximum absolute atomic E-state index is 2.49. The van der Waals surface area contributed by atoms with Gasteiger partial charge in [-0.2, -0.15) is 0 Å². The normalized spacial score (nSPS) is 40.0. The summed E-state index contributed by atoms with van der Waals surface area (Å²) >= 11 is 0. The summed E-state index contributed by atoms with van der Waals surface area (Å²) in [6.07, 6.45) is 7.09. The van der Waals surface area contributed by atoms with Crippen molar-refractivity contribution in [2.45, 2.75) is 59.8 Å². The van der Waals surface area contributed by atoms with E-state index in [0.29, 0.717) is 0 Å². The lowest BCUT2D eigenvalue weighted by molar-refractivity contribution is 0.416. The van der Waals surface area contributed by atoms with Crippen LogP contribution in [-0.4, -0.2) is 0 Å². The van der Waals surface area contributed by atoms with Gasteiger partial charge in [-0.1, -0.05) is 47.0 Å². The highest BCUT2D eigenvalue weighted by Gasteiger charge is 2.55. The zero-order chi connectivity index (χ0) is 9.19. The van der Waals surface area contributed by atoms with Gasteiger partial charge < -0.3 is 0 Å². The molecule has 0 aromatic carbocycles. The first kappa shape index (κ1) is 10.1. The summed E-state index contributed by atoms with van der Waals surface area (Å²) in [5.41, 5.74) is 0.728. The first-order valence-corrected chi connectivity index (χ1v) is 5.66. The van der Waals surface area contributed by atoms with Gasteiger partial charge in [0.05, 0.1) is 0 Å². The van der Waals surface area contributed by atoms with E-state index >= 15 is 0 Å². The predicted octanol–water partition coefficient (Wildman–Crippen LogP) is 4.25. The molecule has 1 fully saturated rings. The lowest BCUT2D eigenvalue weighted by Crippen LogP contribution is -1.98. The molecule has 1 rings (SSSR count). The van der Waals surface area contributed by atoms with Crippen molar-refractivity contribution in [2.75, 3.05) is 0 Å². The fourth-order valence-corrected chi connectivity index (χ4v) is 2.77. The Balaban J connectivity index is 2.31. The molecule has 1 saturated carbocycles. The molecule has 0 heteroatoms. The van der Waals surface area contributed by atoms with Crippen LogP contribution in [-0.2, 0) is 0 Å². The molecule has 1 aliphatic rings. The average Bonchev–Trinajstić information content (AvgIpc) is 2.56. The van der Waals surface area contributed by atoms with Crippen LogP contribution in [0.4, 0.5) is 0 Å². The van der Waals surface area contributed by atoms with Gasteiger partial charge in [-0.3, -0.25) is 0 Å². The molecule has 0 N–H and O–H groups in total. The second kappa shape index (κ2) is 3.81. The third-order valence-corrected chi connectivity index (χ3v) is 4.05. The molecule has 0 aromatic heterocycles. The van der Waals surface area contributed by atoms with Crippen molar-refractivity contribution in [2.24, 2.45) is 17.3 Å². The topological polar surface area (TPSA) is 0 Å². The fraction of sp³-hybridized carbons (Fsp3) is 1.00. The van der Waals surface area contributed by atoms with Gasteiger partial charge in [0.1, 0.15) is 0 Å². The SMILES string of the molecule is CCCCC1(C)C(C)C1CCC. The average molecular weight is 168 g/mol. The first-order valence-electron chi connectivity index (χ1n) is 5.66. The molecule has 3 atom stereocenters. The van der Waals surface area contributed by atoms with E-state index in [0.717, 1.165) is 17.3 Å². The summed E-state index contributed by atoms with van der Waals surface area (Å²) in [5, 5.41) is 0. The summed E-state index contributed by atoms with van der Waals surface area (Å²) in [7, 11) is 0. The Kier molecular flexibility index (Phi) is 3.20. The van der Waals surface area contributed by atoms with Crippen molar-refractivity contribution in [3.63, 3.8) is 0 Å². The molecule has 1 aliphatic carbocycles. The van der Waals surface area contributed by atoms with Gasteiger partial charge in [0.15, 0.2) is 0 Å². The Hall–Kier alpha value is 0. The summed E-state index contributed by atoms with van der Waals surface area (Å²) < 4.78 is 0. The van der Waals surface area contributed by atoms with Crippen LogP contribution in [0.1, 0.15) is 59.8 Å². The van der Waals surface area contributed by atoms with Crippen molar-refractivity contribution in [1.82, 2.24) is 0 Å². The minimum atomic E-state index is 0.728. The van der Waals surface area contributed by atoms with Gasteiger partial charge >= 0.3 is 0 Å². The summed E-state index contributed by atoms with van der Waals surface area (Å²) in [6, 6.07) is 0. The van der Waals surface area contributed by atoms with Crippen molar-refractivity contribution >= 4 is 0 Å². The lowest BCUT2D eigenvalue weighted by Gasteiger charge is -2.09. The molecular weight excluding hydrogens is 144 g/mol. The van der Waals surface area contributed by atoms with E-state index in [-0.39, 0.29) is 0 Å². The van der Waals surface area contributed by atoms with Crippen LogP contribution < -0.4 is 0 Å². The van der Waals surface area contributed by atoms with E-state index < -0.39 is 0 Å². The van der Waals surface area contributed by atoms with Gasteiger partial charge in [0.25, 0.3) is 0 Å². The lowest BCUT2D eigenvalue weighted by atomic mass is 9.96. The van der Waals surface area contributed by atoms with Crippen LogP contribution in [0, 0.1) is 17.3 Å². The molecule has 0 aliphatic heterocycles. The molecule has 72 valence electrons. The fourth-order valence-electron chi connectivity index (χ4n) is 2.77. The summed E-state index contributed by atoms with van der Waals surface area (Å²) in [4.78, 5) is 0. The Morgan fingerprint density at radius 2 is 1.83 bits per heavy atom. The molecule has 12 heavy (non-hydrogen) atoms. The third kappa shape index (κ3) is 1.67. The Bertz CT molecular complexity index is 139. The van der Waals surface area contributed by atoms with E-state index in [2.05, 4.69) is 27.7 Å². The van der Waals surface area contributed by atoms with Crippen molar-refractivity contribution in [3.05, 3.63) is 0 Å². The van der Waals surface area contributed by atoms with E-state index in [1.807, 2.05) is 0 Å². The largest absolute Gasteiger partial charge is 0.0654 e. The second-order valence-electron chi connectivity index (χ2n) is 4.79. The van der Waals surface area contributed by atoms with E-state index in [1.165, 1.54) is 32.1 Å². The van der Waals surface area contributed by atoms with E-state index in [9.17, 15) is 0 Å². The maximum Gasteiger partial charge on any atom is -0.0266 e. The molecule has 0 nitrogen and oxygen atoms in total. The molecule has 0 saturated heterocycles. The van der Waals surface area contributed by atoms with Crippen LogP contribution in [0.2, 0.25) is 0 Å². The van der Waals surface area contributed by atoms with E-state index in [1.54, 1.807) is 0 Å². The molecule has 0 spiro atoms. The molecule has 0 amide bonds. The van der Waals surface area contributed by atoms with Crippen LogP contribution in [0.5, 0.6) is 0 Å². The molecule has 0 aromatic rings.